The second-order valence-electron chi connectivity index (χ2n) is 4.96. The van der Waals surface area contributed by atoms with Crippen LogP contribution < -0.4 is 11.1 Å². The van der Waals surface area contributed by atoms with Crippen LogP contribution in [-0.2, 0) is 0 Å². The number of nitrogens with one attached hydrogen (secondary N) is 1. The maximum absolute atomic E-state index is 10.0. The first-order valence-corrected chi connectivity index (χ1v) is 6.47. The van der Waals surface area contributed by atoms with E-state index in [1.807, 2.05) is 19.1 Å². The standard InChI is InChI=1S/C14H22N2O/c1-3-4-5-6-12-11-8-10(15)7-9(2)13(11)14(17)16-12/h7-8,12,14,16-17H,3-6,15H2,1-2H3. The van der Waals surface area contributed by atoms with E-state index in [1.165, 1.54) is 24.8 Å². The van der Waals surface area contributed by atoms with Gasteiger partial charge >= 0.3 is 0 Å². The van der Waals surface area contributed by atoms with E-state index in [1.54, 1.807) is 0 Å². The molecule has 1 aromatic carbocycles. The second-order valence-corrected chi connectivity index (χ2v) is 4.96. The molecule has 0 radical (unpaired) electrons. The largest absolute Gasteiger partial charge is 0.399 e. The Morgan fingerprint density at radius 1 is 1.35 bits per heavy atom. The van der Waals surface area contributed by atoms with Crippen molar-refractivity contribution in [1.82, 2.24) is 5.32 Å². The molecule has 2 atom stereocenters. The molecule has 1 aliphatic rings. The minimum Gasteiger partial charge on any atom is -0.399 e. The summed E-state index contributed by atoms with van der Waals surface area (Å²) in [6, 6.07) is 4.19. The van der Waals surface area contributed by atoms with Crippen molar-refractivity contribution in [3.05, 3.63) is 28.8 Å². The van der Waals surface area contributed by atoms with Gasteiger partial charge in [-0.1, -0.05) is 26.2 Å². The van der Waals surface area contributed by atoms with Gasteiger partial charge in [-0.15, -0.1) is 0 Å². The third kappa shape index (κ3) is 2.45. The lowest BCUT2D eigenvalue weighted by Crippen LogP contribution is -2.17. The van der Waals surface area contributed by atoms with Crippen LogP contribution in [-0.4, -0.2) is 5.11 Å². The van der Waals surface area contributed by atoms with Gasteiger partial charge in [0, 0.05) is 17.3 Å². The Balaban J connectivity index is 2.21. The highest BCUT2D eigenvalue weighted by molar-refractivity contribution is 5.52. The fourth-order valence-electron chi connectivity index (χ4n) is 2.72. The molecule has 0 bridgehead atoms. The van der Waals surface area contributed by atoms with Gasteiger partial charge in [0.25, 0.3) is 0 Å². The van der Waals surface area contributed by atoms with Crippen LogP contribution >= 0.6 is 0 Å². The molecular weight excluding hydrogens is 212 g/mol. The minimum absolute atomic E-state index is 0.258. The molecule has 3 heteroatoms. The molecular formula is C14H22N2O. The summed E-state index contributed by atoms with van der Waals surface area (Å²) in [6.07, 6.45) is 4.19. The van der Waals surface area contributed by atoms with Crippen LogP contribution in [0.25, 0.3) is 0 Å². The zero-order valence-electron chi connectivity index (χ0n) is 10.7. The molecule has 0 aromatic heterocycles. The molecule has 94 valence electrons. The lowest BCUT2D eigenvalue weighted by Gasteiger charge is -2.12. The third-order valence-electron chi connectivity index (χ3n) is 3.55. The van der Waals surface area contributed by atoms with Crippen molar-refractivity contribution in [2.45, 2.75) is 51.8 Å². The molecule has 3 nitrogen and oxygen atoms in total. The highest BCUT2D eigenvalue weighted by Crippen LogP contribution is 2.37. The van der Waals surface area contributed by atoms with E-state index in [-0.39, 0.29) is 6.04 Å². The number of rotatable bonds is 4. The van der Waals surface area contributed by atoms with Gasteiger partial charge in [0.2, 0.25) is 0 Å². The van der Waals surface area contributed by atoms with Crippen LogP contribution in [0.1, 0.15) is 61.6 Å². The number of fused-ring (bicyclic) bond motifs is 1. The zero-order valence-corrected chi connectivity index (χ0v) is 10.7. The fourth-order valence-corrected chi connectivity index (χ4v) is 2.72. The van der Waals surface area contributed by atoms with E-state index in [9.17, 15) is 5.11 Å². The second kappa shape index (κ2) is 5.07. The first-order valence-electron chi connectivity index (χ1n) is 6.47. The van der Waals surface area contributed by atoms with Crippen LogP contribution in [0.3, 0.4) is 0 Å². The number of aliphatic hydroxyl groups is 1. The Morgan fingerprint density at radius 2 is 2.12 bits per heavy atom. The molecule has 0 saturated heterocycles. The van der Waals surface area contributed by atoms with Gasteiger partial charge in [0.15, 0.2) is 0 Å². The molecule has 0 fully saturated rings. The minimum atomic E-state index is -0.530. The first-order chi connectivity index (χ1) is 8.13. The average molecular weight is 234 g/mol. The van der Waals surface area contributed by atoms with Gasteiger partial charge < -0.3 is 10.8 Å². The Labute approximate surface area is 103 Å². The summed E-state index contributed by atoms with van der Waals surface area (Å²) < 4.78 is 0. The van der Waals surface area contributed by atoms with E-state index < -0.39 is 6.23 Å². The first kappa shape index (κ1) is 12.4. The van der Waals surface area contributed by atoms with Crippen LogP contribution in [0, 0.1) is 6.92 Å². The van der Waals surface area contributed by atoms with Crippen molar-refractivity contribution in [2.24, 2.45) is 0 Å². The zero-order chi connectivity index (χ0) is 12.4. The molecule has 4 N–H and O–H groups in total. The van der Waals surface area contributed by atoms with Gasteiger partial charge in [-0.05, 0) is 36.6 Å². The van der Waals surface area contributed by atoms with E-state index in [0.717, 1.165) is 23.2 Å². The number of unbranched alkanes of at least 4 members (excludes halogenated alkanes) is 2. The summed E-state index contributed by atoms with van der Waals surface area (Å²) in [6.45, 7) is 4.21. The number of anilines is 1. The molecule has 0 spiro atoms. The summed E-state index contributed by atoms with van der Waals surface area (Å²) in [5.41, 5.74) is 9.97. The molecule has 2 unspecified atom stereocenters. The highest BCUT2D eigenvalue weighted by atomic mass is 16.3. The monoisotopic (exact) mass is 234 g/mol. The summed E-state index contributed by atoms with van der Waals surface area (Å²) in [7, 11) is 0. The summed E-state index contributed by atoms with van der Waals surface area (Å²) in [4.78, 5) is 0. The van der Waals surface area contributed by atoms with Gasteiger partial charge in [0.05, 0.1) is 0 Å². The van der Waals surface area contributed by atoms with Crippen LogP contribution in [0.5, 0.6) is 0 Å². The van der Waals surface area contributed by atoms with Crippen LogP contribution in [0.15, 0.2) is 12.1 Å². The smallest absolute Gasteiger partial charge is 0.132 e. The van der Waals surface area contributed by atoms with Crippen LogP contribution in [0.4, 0.5) is 5.69 Å². The quantitative estimate of drug-likeness (QED) is 0.554. The number of hydrogen-bond donors (Lipinski definition) is 3. The third-order valence-corrected chi connectivity index (χ3v) is 3.55. The van der Waals surface area contributed by atoms with E-state index in [4.69, 9.17) is 5.73 Å². The maximum atomic E-state index is 10.0. The van der Waals surface area contributed by atoms with Crippen molar-refractivity contribution >= 4 is 5.69 Å². The number of aliphatic hydroxyl groups excluding tert-OH is 1. The maximum Gasteiger partial charge on any atom is 0.132 e. The predicted octanol–water partition coefficient (Wildman–Crippen LogP) is 2.79. The van der Waals surface area contributed by atoms with E-state index >= 15 is 0 Å². The number of nitrogen functional groups attached to an aromatic ring is 1. The van der Waals surface area contributed by atoms with Crippen molar-refractivity contribution in [3.63, 3.8) is 0 Å². The number of aryl methyl sites for hydroxylation is 1. The molecule has 1 aromatic rings. The fraction of sp³-hybridized carbons (Fsp3) is 0.571. The molecule has 0 saturated carbocycles. The van der Waals surface area contributed by atoms with Crippen molar-refractivity contribution < 1.29 is 5.11 Å². The van der Waals surface area contributed by atoms with Gasteiger partial charge in [-0.25, -0.2) is 0 Å². The Kier molecular flexibility index (Phi) is 3.69. The number of nitrogens with two attached hydrogens (primary N) is 1. The molecule has 17 heavy (non-hydrogen) atoms. The highest BCUT2D eigenvalue weighted by Gasteiger charge is 2.29. The van der Waals surface area contributed by atoms with E-state index in [0.29, 0.717) is 0 Å². The topological polar surface area (TPSA) is 58.3 Å². The number of hydrogen-bond acceptors (Lipinski definition) is 3. The number of benzene rings is 1. The van der Waals surface area contributed by atoms with Gasteiger partial charge in [-0.3, -0.25) is 5.32 Å². The predicted molar refractivity (Wildman–Crippen MR) is 70.6 cm³/mol. The lowest BCUT2D eigenvalue weighted by molar-refractivity contribution is 0.139. The van der Waals surface area contributed by atoms with Crippen molar-refractivity contribution in [3.8, 4) is 0 Å². The Hall–Kier alpha value is -1.06. The molecule has 1 heterocycles. The summed E-state index contributed by atoms with van der Waals surface area (Å²) in [5, 5.41) is 13.3. The lowest BCUT2D eigenvalue weighted by atomic mass is 9.96. The molecule has 0 aliphatic carbocycles. The SMILES string of the molecule is CCCCCC1NC(O)c2c(C)cc(N)cc21. The van der Waals surface area contributed by atoms with E-state index in [2.05, 4.69) is 12.2 Å². The van der Waals surface area contributed by atoms with Crippen molar-refractivity contribution in [1.29, 1.82) is 0 Å². The average Bonchev–Trinajstić information content (AvgIpc) is 2.56. The molecule has 1 aliphatic heterocycles. The normalized spacial score (nSPS) is 22.8. The molecule has 2 rings (SSSR count). The molecule has 0 amide bonds. The Bertz CT molecular complexity index is 403. The Morgan fingerprint density at radius 3 is 2.82 bits per heavy atom. The van der Waals surface area contributed by atoms with Crippen LogP contribution in [0.2, 0.25) is 0 Å². The van der Waals surface area contributed by atoms with Gasteiger partial charge in [0.1, 0.15) is 6.23 Å². The summed E-state index contributed by atoms with van der Waals surface area (Å²) in [5.74, 6) is 0. The summed E-state index contributed by atoms with van der Waals surface area (Å²) >= 11 is 0. The van der Waals surface area contributed by atoms with Gasteiger partial charge in [-0.2, -0.15) is 0 Å². The van der Waals surface area contributed by atoms with Crippen molar-refractivity contribution in [2.75, 3.05) is 5.73 Å².